The minimum absolute atomic E-state index is 0.0494. The second-order valence-corrected chi connectivity index (χ2v) is 10.8. The van der Waals surface area contributed by atoms with Gasteiger partial charge in [-0.3, -0.25) is 9.59 Å². The van der Waals surface area contributed by atoms with E-state index in [0.717, 1.165) is 29.8 Å². The second kappa shape index (κ2) is 11.8. The highest BCUT2D eigenvalue weighted by atomic mass is 35.5. The molecule has 204 valence electrons. The van der Waals surface area contributed by atoms with Gasteiger partial charge in [0.05, 0.1) is 30.2 Å². The molecule has 2 aliphatic heterocycles. The Kier molecular flexibility index (Phi) is 8.19. The van der Waals surface area contributed by atoms with E-state index in [1.807, 2.05) is 43.3 Å². The van der Waals surface area contributed by atoms with Crippen molar-refractivity contribution in [3.63, 3.8) is 0 Å². The minimum atomic E-state index is -0.560. The van der Waals surface area contributed by atoms with Gasteiger partial charge >= 0.3 is 0 Å². The molecular formula is C31H33ClFN3O3. The van der Waals surface area contributed by atoms with Crippen LogP contribution >= 0.6 is 11.6 Å². The van der Waals surface area contributed by atoms with E-state index in [2.05, 4.69) is 10.6 Å². The highest BCUT2D eigenvalue weighted by Gasteiger charge is 2.40. The van der Waals surface area contributed by atoms with Crippen molar-refractivity contribution in [1.82, 2.24) is 4.90 Å². The number of rotatable bonds is 6. The monoisotopic (exact) mass is 549 g/mol. The fraction of sp³-hybridized carbons (Fsp3) is 0.355. The van der Waals surface area contributed by atoms with Gasteiger partial charge in [-0.2, -0.15) is 0 Å². The molecule has 5 rings (SSSR count). The SMILES string of the molecule is Cc1ccc(NC(=O)[C@H]2CCCN(C(=O)c3c(C)cccc3F)[C@H]2c2ccc(NC3CCOC3)cc2)cc1Cl. The zero-order valence-corrected chi connectivity index (χ0v) is 22.9. The molecule has 2 aliphatic rings. The zero-order valence-electron chi connectivity index (χ0n) is 22.2. The molecule has 8 heteroatoms. The molecule has 2 heterocycles. The molecular weight excluding hydrogens is 517 g/mol. The lowest BCUT2D eigenvalue weighted by Crippen LogP contribution is -2.46. The van der Waals surface area contributed by atoms with Gasteiger partial charge in [-0.1, -0.05) is 41.9 Å². The van der Waals surface area contributed by atoms with Crippen LogP contribution in [-0.4, -0.2) is 42.5 Å². The fourth-order valence-electron chi connectivity index (χ4n) is 5.52. The number of likely N-dealkylation sites (tertiary alicyclic amines) is 1. The third kappa shape index (κ3) is 5.94. The normalized spacial score (nSPS) is 21.0. The smallest absolute Gasteiger partial charge is 0.257 e. The maximum atomic E-state index is 14.9. The van der Waals surface area contributed by atoms with Crippen LogP contribution in [0.25, 0.3) is 0 Å². The van der Waals surface area contributed by atoms with E-state index in [9.17, 15) is 14.0 Å². The van der Waals surface area contributed by atoms with Crippen molar-refractivity contribution >= 4 is 34.8 Å². The molecule has 0 radical (unpaired) electrons. The third-order valence-electron chi connectivity index (χ3n) is 7.66. The molecule has 0 bridgehead atoms. The summed E-state index contributed by atoms with van der Waals surface area (Å²) in [6, 6.07) is 17.6. The van der Waals surface area contributed by atoms with Crippen LogP contribution in [0.15, 0.2) is 60.7 Å². The molecule has 2 saturated heterocycles. The molecule has 0 aromatic heterocycles. The fourth-order valence-corrected chi connectivity index (χ4v) is 5.70. The highest BCUT2D eigenvalue weighted by molar-refractivity contribution is 6.31. The number of amides is 2. The molecule has 0 spiro atoms. The zero-order chi connectivity index (χ0) is 27.5. The first-order valence-electron chi connectivity index (χ1n) is 13.4. The molecule has 0 saturated carbocycles. The van der Waals surface area contributed by atoms with Gasteiger partial charge in [0.1, 0.15) is 5.82 Å². The summed E-state index contributed by atoms with van der Waals surface area (Å²) in [7, 11) is 0. The summed E-state index contributed by atoms with van der Waals surface area (Å²) in [6.45, 7) is 5.47. The lowest BCUT2D eigenvalue weighted by molar-refractivity contribution is -0.123. The van der Waals surface area contributed by atoms with E-state index >= 15 is 0 Å². The number of carbonyl (C=O) groups excluding carboxylic acids is 2. The van der Waals surface area contributed by atoms with Crippen molar-refractivity contribution in [3.05, 3.63) is 93.8 Å². The third-order valence-corrected chi connectivity index (χ3v) is 8.06. The summed E-state index contributed by atoms with van der Waals surface area (Å²) in [5, 5.41) is 7.04. The van der Waals surface area contributed by atoms with Crippen LogP contribution < -0.4 is 10.6 Å². The van der Waals surface area contributed by atoms with Crippen LogP contribution in [0.5, 0.6) is 0 Å². The maximum absolute atomic E-state index is 14.9. The number of aryl methyl sites for hydroxylation is 2. The number of halogens is 2. The van der Waals surface area contributed by atoms with Gasteiger partial charge in [0.15, 0.2) is 0 Å². The van der Waals surface area contributed by atoms with Crippen LogP contribution in [0.1, 0.15) is 52.4 Å². The molecule has 39 heavy (non-hydrogen) atoms. The van der Waals surface area contributed by atoms with Gasteiger partial charge < -0.3 is 20.3 Å². The number of benzene rings is 3. The average Bonchev–Trinajstić information content (AvgIpc) is 3.44. The average molecular weight is 550 g/mol. The van der Waals surface area contributed by atoms with Crippen LogP contribution in [0, 0.1) is 25.6 Å². The topological polar surface area (TPSA) is 70.7 Å². The van der Waals surface area contributed by atoms with Gasteiger partial charge in [-0.15, -0.1) is 0 Å². The highest BCUT2D eigenvalue weighted by Crippen LogP contribution is 2.39. The molecule has 2 amide bonds. The molecule has 3 aromatic carbocycles. The van der Waals surface area contributed by atoms with E-state index in [1.54, 1.807) is 30.0 Å². The number of hydrogen-bond donors (Lipinski definition) is 2. The molecule has 2 fully saturated rings. The number of piperidine rings is 1. The van der Waals surface area contributed by atoms with Crippen molar-refractivity contribution in [2.45, 2.75) is 45.2 Å². The van der Waals surface area contributed by atoms with Gasteiger partial charge in [0, 0.05) is 29.5 Å². The lowest BCUT2D eigenvalue weighted by Gasteiger charge is -2.41. The number of nitrogens with zero attached hydrogens (tertiary/aromatic N) is 1. The van der Waals surface area contributed by atoms with Crippen LogP contribution in [0.2, 0.25) is 5.02 Å². The molecule has 0 aliphatic carbocycles. The number of ether oxygens (including phenoxy) is 1. The number of anilines is 2. The summed E-state index contributed by atoms with van der Waals surface area (Å²) in [5.41, 5.74) is 3.91. The van der Waals surface area contributed by atoms with Crippen molar-refractivity contribution in [2.75, 3.05) is 30.4 Å². The number of carbonyl (C=O) groups is 2. The summed E-state index contributed by atoms with van der Waals surface area (Å²) in [5.74, 6) is -1.69. The molecule has 3 aromatic rings. The van der Waals surface area contributed by atoms with Gasteiger partial charge in [-0.05, 0) is 80.1 Å². The quantitative estimate of drug-likeness (QED) is 0.367. The van der Waals surface area contributed by atoms with E-state index < -0.39 is 23.7 Å². The Balaban J connectivity index is 1.47. The second-order valence-electron chi connectivity index (χ2n) is 10.4. The number of hydrogen-bond acceptors (Lipinski definition) is 4. The van der Waals surface area contributed by atoms with Crippen LogP contribution in [0.4, 0.5) is 15.8 Å². The van der Waals surface area contributed by atoms with Crippen molar-refractivity contribution in [2.24, 2.45) is 5.92 Å². The Morgan fingerprint density at radius 1 is 1.00 bits per heavy atom. The molecule has 6 nitrogen and oxygen atoms in total. The predicted molar refractivity (Wildman–Crippen MR) is 152 cm³/mol. The summed E-state index contributed by atoms with van der Waals surface area (Å²) in [4.78, 5) is 29.2. The summed E-state index contributed by atoms with van der Waals surface area (Å²) < 4.78 is 20.4. The minimum Gasteiger partial charge on any atom is -0.380 e. The maximum Gasteiger partial charge on any atom is 0.257 e. The Labute approximate surface area is 233 Å². The van der Waals surface area contributed by atoms with Gasteiger partial charge in [0.25, 0.3) is 5.91 Å². The Morgan fingerprint density at radius 2 is 1.77 bits per heavy atom. The summed E-state index contributed by atoms with van der Waals surface area (Å²) in [6.07, 6.45) is 2.17. The molecule has 2 N–H and O–H groups in total. The Morgan fingerprint density at radius 3 is 2.46 bits per heavy atom. The molecule has 1 unspecified atom stereocenters. The Hall–Kier alpha value is -3.42. The molecule has 3 atom stereocenters. The van der Waals surface area contributed by atoms with Crippen LogP contribution in [0.3, 0.4) is 0 Å². The van der Waals surface area contributed by atoms with E-state index in [-0.39, 0.29) is 17.5 Å². The van der Waals surface area contributed by atoms with Crippen molar-refractivity contribution in [1.29, 1.82) is 0 Å². The largest absolute Gasteiger partial charge is 0.380 e. The Bertz CT molecular complexity index is 1340. The van der Waals surface area contributed by atoms with Crippen molar-refractivity contribution < 1.29 is 18.7 Å². The summed E-state index contributed by atoms with van der Waals surface area (Å²) >= 11 is 6.29. The van der Waals surface area contributed by atoms with E-state index in [4.69, 9.17) is 16.3 Å². The number of nitrogens with one attached hydrogen (secondary N) is 2. The predicted octanol–water partition coefficient (Wildman–Crippen LogP) is 6.53. The first-order valence-corrected chi connectivity index (χ1v) is 13.8. The van der Waals surface area contributed by atoms with Gasteiger partial charge in [-0.25, -0.2) is 4.39 Å². The van der Waals surface area contributed by atoms with Gasteiger partial charge in [0.2, 0.25) is 5.91 Å². The first kappa shape index (κ1) is 27.2. The first-order chi connectivity index (χ1) is 18.8. The van der Waals surface area contributed by atoms with Crippen molar-refractivity contribution in [3.8, 4) is 0 Å². The lowest BCUT2D eigenvalue weighted by atomic mass is 9.83. The van der Waals surface area contributed by atoms with E-state index in [0.29, 0.717) is 42.3 Å². The van der Waals surface area contributed by atoms with E-state index in [1.165, 1.54) is 6.07 Å². The van der Waals surface area contributed by atoms with Crippen LogP contribution in [-0.2, 0) is 9.53 Å². The standard InChI is InChI=1S/C31H33ClFN3O3/c1-19-8-11-23(17-26(19)32)35-30(37)25-6-4-15-36(31(38)28-20(2)5-3-7-27(28)33)29(25)21-9-12-22(13-10-21)34-24-14-16-39-18-24/h3,5,7-13,17,24-25,29,34H,4,6,14-16,18H2,1-2H3,(H,35,37)/t24?,25-,29-/m0/s1.